The van der Waals surface area contributed by atoms with Crippen LogP contribution in [0.5, 0.6) is 5.75 Å². The Balaban J connectivity index is 1.57. The van der Waals surface area contributed by atoms with Crippen LogP contribution in [-0.4, -0.2) is 19.7 Å². The Morgan fingerprint density at radius 3 is 2.68 bits per heavy atom. The Morgan fingerprint density at radius 2 is 2.00 bits per heavy atom. The average Bonchev–Trinajstić information content (AvgIpc) is 3.20. The Kier molecular flexibility index (Phi) is 5.98. The van der Waals surface area contributed by atoms with E-state index in [4.69, 9.17) is 16.3 Å². The largest absolute Gasteiger partial charge is 0.486 e. The van der Waals surface area contributed by atoms with E-state index in [1.807, 2.05) is 23.7 Å². The lowest BCUT2D eigenvalue weighted by molar-refractivity contribution is 0.290. The van der Waals surface area contributed by atoms with E-state index in [0.717, 1.165) is 28.2 Å². The number of ether oxygens (including phenoxy) is 1. The number of thiazole rings is 1. The molecule has 0 unspecified atom stereocenters. The van der Waals surface area contributed by atoms with E-state index in [-0.39, 0.29) is 0 Å². The molecule has 8 heteroatoms. The maximum absolute atomic E-state index is 5.87. The molecule has 0 atom stereocenters. The molecule has 0 aliphatic carbocycles. The zero-order chi connectivity index (χ0) is 17.8. The van der Waals surface area contributed by atoms with Crippen molar-refractivity contribution in [1.29, 1.82) is 0 Å². The van der Waals surface area contributed by atoms with E-state index in [0.29, 0.717) is 17.5 Å². The lowest BCUT2D eigenvalue weighted by Gasteiger charge is -2.06. The first-order chi connectivity index (χ1) is 12.0. The normalized spacial score (nSPS) is 11.2. The highest BCUT2D eigenvalue weighted by Gasteiger charge is 2.12. The molecule has 0 aliphatic heterocycles. The van der Waals surface area contributed by atoms with Crippen molar-refractivity contribution >= 4 is 34.7 Å². The summed E-state index contributed by atoms with van der Waals surface area (Å²) in [4.78, 5) is 4.65. The molecule has 2 aromatic heterocycles. The average molecular weight is 395 g/mol. The molecule has 0 bridgehead atoms. The molecule has 0 spiro atoms. The first-order valence-corrected chi connectivity index (χ1v) is 10.1. The molecule has 25 heavy (non-hydrogen) atoms. The Hall–Kier alpha value is -1.57. The zero-order valence-electron chi connectivity index (χ0n) is 14.3. The molecular formula is C17H19ClN4OS2. The molecular weight excluding hydrogens is 376 g/mol. The van der Waals surface area contributed by atoms with Gasteiger partial charge in [-0.05, 0) is 24.3 Å². The lowest BCUT2D eigenvalue weighted by atomic mass is 10.2. The number of benzene rings is 1. The molecule has 0 radical (unpaired) electrons. The van der Waals surface area contributed by atoms with Gasteiger partial charge in [-0.3, -0.25) is 0 Å². The Morgan fingerprint density at radius 1 is 1.24 bits per heavy atom. The van der Waals surface area contributed by atoms with Crippen LogP contribution in [0.1, 0.15) is 36.3 Å². The third-order valence-electron chi connectivity index (χ3n) is 3.52. The monoisotopic (exact) mass is 394 g/mol. The number of hydrogen-bond acceptors (Lipinski definition) is 6. The fourth-order valence-corrected chi connectivity index (χ4v) is 3.96. The summed E-state index contributed by atoms with van der Waals surface area (Å²) >= 11 is 9.21. The van der Waals surface area contributed by atoms with Gasteiger partial charge in [-0.1, -0.05) is 37.2 Å². The predicted octanol–water partition coefficient (Wildman–Crippen LogP) is 4.92. The van der Waals surface area contributed by atoms with Gasteiger partial charge in [-0.2, -0.15) is 0 Å². The summed E-state index contributed by atoms with van der Waals surface area (Å²) in [5, 5.41) is 13.3. The van der Waals surface area contributed by atoms with Crippen LogP contribution in [0, 0.1) is 0 Å². The molecule has 0 aliphatic rings. The minimum absolute atomic E-state index is 0.361. The molecule has 3 rings (SSSR count). The first-order valence-electron chi connectivity index (χ1n) is 7.86. The topological polar surface area (TPSA) is 52.8 Å². The maximum atomic E-state index is 5.87. The van der Waals surface area contributed by atoms with E-state index in [2.05, 4.69) is 34.4 Å². The molecule has 0 amide bonds. The van der Waals surface area contributed by atoms with E-state index in [9.17, 15) is 0 Å². The van der Waals surface area contributed by atoms with Crippen molar-refractivity contribution in [3.05, 3.63) is 51.2 Å². The van der Waals surface area contributed by atoms with Crippen LogP contribution in [0.25, 0.3) is 0 Å². The highest BCUT2D eigenvalue weighted by atomic mass is 35.5. The minimum Gasteiger partial charge on any atom is -0.486 e. The van der Waals surface area contributed by atoms with Crippen LogP contribution in [0.15, 0.2) is 34.8 Å². The summed E-state index contributed by atoms with van der Waals surface area (Å²) in [6.07, 6.45) is 0. The molecule has 2 heterocycles. The van der Waals surface area contributed by atoms with Gasteiger partial charge in [-0.15, -0.1) is 21.5 Å². The quantitative estimate of drug-likeness (QED) is 0.532. The molecule has 0 fully saturated rings. The van der Waals surface area contributed by atoms with Gasteiger partial charge < -0.3 is 9.30 Å². The van der Waals surface area contributed by atoms with Crippen molar-refractivity contribution in [3.8, 4) is 5.75 Å². The number of halogens is 1. The fraction of sp³-hybridized carbons (Fsp3) is 0.353. The summed E-state index contributed by atoms with van der Waals surface area (Å²) < 4.78 is 7.69. The number of rotatable bonds is 7. The highest BCUT2D eigenvalue weighted by Crippen LogP contribution is 2.25. The Bertz CT molecular complexity index is 830. The predicted molar refractivity (Wildman–Crippen MR) is 103 cm³/mol. The summed E-state index contributed by atoms with van der Waals surface area (Å²) in [5.41, 5.74) is 1.08. The Labute approximate surface area is 160 Å². The van der Waals surface area contributed by atoms with Crippen molar-refractivity contribution < 1.29 is 4.74 Å². The molecule has 5 nitrogen and oxygen atoms in total. The van der Waals surface area contributed by atoms with Gasteiger partial charge in [0.15, 0.2) is 11.0 Å². The number of aromatic nitrogens is 4. The van der Waals surface area contributed by atoms with Gasteiger partial charge in [0.25, 0.3) is 0 Å². The smallest absolute Gasteiger partial charge is 0.191 e. The molecule has 0 saturated carbocycles. The van der Waals surface area contributed by atoms with Crippen molar-refractivity contribution in [1.82, 2.24) is 19.7 Å². The number of hydrogen-bond donors (Lipinski definition) is 0. The SMILES string of the molecule is CC(C)c1nc(CSc2nnc(COc3ccc(Cl)cc3)n2C)cs1. The second-order valence-corrected chi connectivity index (χ2v) is 8.09. The van der Waals surface area contributed by atoms with Crippen LogP contribution in [-0.2, 0) is 19.4 Å². The fourth-order valence-electron chi connectivity index (χ4n) is 2.07. The standard InChI is InChI=1S/C17H19ClN4OS2/c1-11(2)16-19-13(9-24-16)10-25-17-21-20-15(22(17)3)8-23-14-6-4-12(18)5-7-14/h4-7,9,11H,8,10H2,1-3H3. The summed E-state index contributed by atoms with van der Waals surface area (Å²) in [6, 6.07) is 7.27. The summed E-state index contributed by atoms with van der Waals surface area (Å²) in [6.45, 7) is 4.68. The first kappa shape index (κ1) is 18.2. The third-order valence-corrected chi connectivity index (χ3v) is 6.02. The third kappa shape index (κ3) is 4.74. The van der Waals surface area contributed by atoms with Gasteiger partial charge in [0, 0.05) is 29.1 Å². The van der Waals surface area contributed by atoms with Gasteiger partial charge >= 0.3 is 0 Å². The van der Waals surface area contributed by atoms with E-state index >= 15 is 0 Å². The molecule has 1 aromatic carbocycles. The van der Waals surface area contributed by atoms with Gasteiger partial charge in [0.1, 0.15) is 12.4 Å². The maximum Gasteiger partial charge on any atom is 0.191 e. The van der Waals surface area contributed by atoms with Gasteiger partial charge in [-0.25, -0.2) is 4.98 Å². The van der Waals surface area contributed by atoms with Gasteiger partial charge in [0.2, 0.25) is 0 Å². The molecule has 0 saturated heterocycles. The van der Waals surface area contributed by atoms with Crippen molar-refractivity contribution in [2.45, 2.75) is 37.3 Å². The lowest BCUT2D eigenvalue weighted by Crippen LogP contribution is -2.04. The van der Waals surface area contributed by atoms with Crippen LogP contribution in [0.3, 0.4) is 0 Å². The molecule has 132 valence electrons. The van der Waals surface area contributed by atoms with E-state index in [1.54, 1.807) is 35.2 Å². The van der Waals surface area contributed by atoms with Crippen molar-refractivity contribution in [2.75, 3.05) is 0 Å². The van der Waals surface area contributed by atoms with Crippen LogP contribution >= 0.6 is 34.7 Å². The second-order valence-electron chi connectivity index (χ2n) is 5.82. The van der Waals surface area contributed by atoms with Crippen molar-refractivity contribution in [2.24, 2.45) is 7.05 Å². The van der Waals surface area contributed by atoms with Crippen LogP contribution < -0.4 is 4.74 Å². The summed E-state index contributed by atoms with van der Waals surface area (Å²) in [7, 11) is 1.95. The highest BCUT2D eigenvalue weighted by molar-refractivity contribution is 7.98. The van der Waals surface area contributed by atoms with E-state index in [1.165, 1.54) is 5.01 Å². The van der Waals surface area contributed by atoms with E-state index < -0.39 is 0 Å². The summed E-state index contributed by atoms with van der Waals surface area (Å²) in [5.74, 6) is 2.78. The zero-order valence-corrected chi connectivity index (χ0v) is 16.7. The minimum atomic E-state index is 0.361. The number of nitrogens with zero attached hydrogens (tertiary/aromatic N) is 4. The number of thioether (sulfide) groups is 1. The van der Waals surface area contributed by atoms with Gasteiger partial charge in [0.05, 0.1) is 10.7 Å². The second kappa shape index (κ2) is 8.21. The van der Waals surface area contributed by atoms with Crippen LogP contribution in [0.4, 0.5) is 0 Å². The van der Waals surface area contributed by atoms with Crippen molar-refractivity contribution in [3.63, 3.8) is 0 Å². The van der Waals surface area contributed by atoms with Crippen LogP contribution in [0.2, 0.25) is 5.02 Å². The molecule has 3 aromatic rings. The molecule has 0 N–H and O–H groups in total.